The van der Waals surface area contributed by atoms with Crippen molar-refractivity contribution in [1.29, 1.82) is 0 Å². The van der Waals surface area contributed by atoms with Gasteiger partial charge in [-0.2, -0.15) is 0 Å². The molecule has 0 aliphatic carbocycles. The molecule has 0 fully saturated rings. The second-order valence-electron chi connectivity index (χ2n) is 4.36. The molecule has 100 valence electrons. The topological polar surface area (TPSA) is 42.4 Å². The Kier molecular flexibility index (Phi) is 3.67. The molecule has 0 radical (unpaired) electrons. The van der Waals surface area contributed by atoms with Gasteiger partial charge in [0, 0.05) is 12.3 Å². The third kappa shape index (κ3) is 2.53. The van der Waals surface area contributed by atoms with Crippen LogP contribution in [-0.4, -0.2) is 10.1 Å². The lowest BCUT2D eigenvalue weighted by Crippen LogP contribution is -1.91. The van der Waals surface area contributed by atoms with Gasteiger partial charge in [0.2, 0.25) is 5.88 Å². The zero-order valence-corrected chi connectivity index (χ0v) is 12.2. The molecule has 0 atom stereocenters. The fourth-order valence-corrected chi connectivity index (χ4v) is 2.54. The summed E-state index contributed by atoms with van der Waals surface area (Å²) in [5.41, 5.74) is 0.759. The van der Waals surface area contributed by atoms with Gasteiger partial charge >= 0.3 is 0 Å². The van der Waals surface area contributed by atoms with E-state index in [9.17, 15) is 0 Å². The quantitative estimate of drug-likeness (QED) is 0.779. The van der Waals surface area contributed by atoms with Crippen LogP contribution in [0, 0.1) is 0 Å². The molecule has 3 nitrogen and oxygen atoms in total. The van der Waals surface area contributed by atoms with Gasteiger partial charge in [-0.05, 0) is 44.4 Å². The largest absolute Gasteiger partial charge is 0.438 e. The highest BCUT2D eigenvalue weighted by molar-refractivity contribution is 9.10. The molecule has 3 aromatic rings. The molecule has 0 saturated carbocycles. The summed E-state index contributed by atoms with van der Waals surface area (Å²) < 4.78 is 6.68. The summed E-state index contributed by atoms with van der Waals surface area (Å²) in [4.78, 5) is 4.16. The van der Waals surface area contributed by atoms with Crippen LogP contribution >= 0.6 is 15.9 Å². The number of ether oxygens (including phenoxy) is 1. The van der Waals surface area contributed by atoms with E-state index < -0.39 is 0 Å². The Morgan fingerprint density at radius 3 is 2.65 bits per heavy atom. The summed E-state index contributed by atoms with van der Waals surface area (Å²) in [6.07, 6.45) is 1.60. The van der Waals surface area contributed by atoms with E-state index in [1.54, 1.807) is 18.3 Å². The molecule has 0 spiro atoms. The standard InChI is InChI=1S/C16H12BrNO2/c17-16-13-4-2-1-3-12(13)6-7-14(16)20-15-8-5-11(10-19)9-18-15/h1-9,19H,10H2. The van der Waals surface area contributed by atoms with Gasteiger partial charge in [-0.15, -0.1) is 0 Å². The molecule has 1 heterocycles. The summed E-state index contributed by atoms with van der Waals surface area (Å²) in [5, 5.41) is 11.2. The van der Waals surface area contributed by atoms with Gasteiger partial charge in [0.1, 0.15) is 5.75 Å². The fraction of sp³-hybridized carbons (Fsp3) is 0.0625. The number of aliphatic hydroxyl groups excluding tert-OH is 1. The van der Waals surface area contributed by atoms with Crippen molar-refractivity contribution < 1.29 is 9.84 Å². The van der Waals surface area contributed by atoms with Crippen LogP contribution in [0.3, 0.4) is 0 Å². The predicted molar refractivity (Wildman–Crippen MR) is 81.9 cm³/mol. The molecule has 20 heavy (non-hydrogen) atoms. The molecule has 0 aliphatic rings. The molecule has 1 N–H and O–H groups in total. The Bertz CT molecular complexity index is 741. The Morgan fingerprint density at radius 2 is 1.90 bits per heavy atom. The summed E-state index contributed by atoms with van der Waals surface area (Å²) >= 11 is 3.57. The first kappa shape index (κ1) is 13.1. The molecule has 0 aliphatic heterocycles. The van der Waals surface area contributed by atoms with Crippen molar-refractivity contribution in [2.75, 3.05) is 0 Å². The SMILES string of the molecule is OCc1ccc(Oc2ccc3ccccc3c2Br)nc1. The van der Waals surface area contributed by atoms with E-state index in [4.69, 9.17) is 9.84 Å². The first-order valence-electron chi connectivity index (χ1n) is 6.19. The highest BCUT2D eigenvalue weighted by Gasteiger charge is 2.07. The summed E-state index contributed by atoms with van der Waals surface area (Å²) in [6, 6.07) is 15.5. The first-order chi connectivity index (χ1) is 9.78. The van der Waals surface area contributed by atoms with Gasteiger partial charge in [-0.3, -0.25) is 0 Å². The van der Waals surface area contributed by atoms with Crippen LogP contribution in [0.4, 0.5) is 0 Å². The van der Waals surface area contributed by atoms with E-state index in [0.717, 1.165) is 20.8 Å². The maximum atomic E-state index is 8.99. The third-order valence-corrected chi connectivity index (χ3v) is 3.84. The highest BCUT2D eigenvalue weighted by atomic mass is 79.9. The molecular weight excluding hydrogens is 318 g/mol. The van der Waals surface area contributed by atoms with E-state index >= 15 is 0 Å². The normalized spacial score (nSPS) is 10.7. The number of hydrogen-bond acceptors (Lipinski definition) is 3. The predicted octanol–water partition coefficient (Wildman–Crippen LogP) is 4.28. The van der Waals surface area contributed by atoms with Crippen molar-refractivity contribution in [2.45, 2.75) is 6.61 Å². The van der Waals surface area contributed by atoms with Gasteiger partial charge in [0.25, 0.3) is 0 Å². The Morgan fingerprint density at radius 1 is 1.05 bits per heavy atom. The number of pyridine rings is 1. The van der Waals surface area contributed by atoms with Crippen LogP contribution < -0.4 is 4.74 Å². The minimum absolute atomic E-state index is 0.0209. The van der Waals surface area contributed by atoms with Gasteiger partial charge in [-0.25, -0.2) is 4.98 Å². The van der Waals surface area contributed by atoms with Crippen LogP contribution in [0.1, 0.15) is 5.56 Å². The number of fused-ring (bicyclic) bond motifs is 1. The summed E-state index contributed by atoms with van der Waals surface area (Å²) in [5.74, 6) is 1.21. The molecular formula is C16H12BrNO2. The third-order valence-electron chi connectivity index (χ3n) is 3.02. The molecule has 3 rings (SSSR count). The summed E-state index contributed by atoms with van der Waals surface area (Å²) in [6.45, 7) is -0.0209. The van der Waals surface area contributed by atoms with Crippen LogP contribution in [0.15, 0.2) is 59.2 Å². The number of rotatable bonds is 3. The molecule has 4 heteroatoms. The second-order valence-corrected chi connectivity index (χ2v) is 5.16. The van der Waals surface area contributed by atoms with Gasteiger partial charge in [0.05, 0.1) is 11.1 Å². The zero-order chi connectivity index (χ0) is 13.9. The van der Waals surface area contributed by atoms with Gasteiger partial charge in [-0.1, -0.05) is 30.3 Å². The minimum Gasteiger partial charge on any atom is -0.438 e. The van der Waals surface area contributed by atoms with Crippen LogP contribution in [0.2, 0.25) is 0 Å². The monoisotopic (exact) mass is 329 g/mol. The van der Waals surface area contributed by atoms with Crippen LogP contribution in [0.5, 0.6) is 11.6 Å². The first-order valence-corrected chi connectivity index (χ1v) is 6.98. The number of nitrogens with zero attached hydrogens (tertiary/aromatic N) is 1. The zero-order valence-electron chi connectivity index (χ0n) is 10.6. The van der Waals surface area contributed by atoms with Crippen molar-refractivity contribution in [3.05, 3.63) is 64.8 Å². The maximum Gasteiger partial charge on any atom is 0.219 e. The lowest BCUT2D eigenvalue weighted by molar-refractivity contribution is 0.281. The van der Waals surface area contributed by atoms with Crippen molar-refractivity contribution in [3.8, 4) is 11.6 Å². The molecule has 0 saturated heterocycles. The Labute approximate surface area is 125 Å². The number of aromatic nitrogens is 1. The minimum atomic E-state index is -0.0209. The highest BCUT2D eigenvalue weighted by Crippen LogP contribution is 2.35. The van der Waals surface area contributed by atoms with E-state index in [1.807, 2.05) is 30.3 Å². The molecule has 0 unspecified atom stereocenters. The molecule has 1 aromatic heterocycles. The molecule has 0 bridgehead atoms. The van der Waals surface area contributed by atoms with Crippen LogP contribution in [-0.2, 0) is 6.61 Å². The number of benzene rings is 2. The number of halogens is 1. The fourth-order valence-electron chi connectivity index (χ4n) is 1.97. The van der Waals surface area contributed by atoms with E-state index in [0.29, 0.717) is 11.6 Å². The number of hydrogen-bond donors (Lipinski definition) is 1. The smallest absolute Gasteiger partial charge is 0.219 e. The summed E-state index contributed by atoms with van der Waals surface area (Å²) in [7, 11) is 0. The van der Waals surface area contributed by atoms with E-state index in [1.165, 1.54) is 0 Å². The molecule has 2 aromatic carbocycles. The van der Waals surface area contributed by atoms with E-state index in [-0.39, 0.29) is 6.61 Å². The maximum absolute atomic E-state index is 8.99. The lowest BCUT2D eigenvalue weighted by atomic mass is 10.1. The Hall–Kier alpha value is -1.91. The van der Waals surface area contributed by atoms with Crippen molar-refractivity contribution in [2.24, 2.45) is 0 Å². The van der Waals surface area contributed by atoms with Crippen molar-refractivity contribution in [1.82, 2.24) is 4.98 Å². The number of aliphatic hydroxyl groups is 1. The average molecular weight is 330 g/mol. The second kappa shape index (κ2) is 5.61. The van der Waals surface area contributed by atoms with Crippen LogP contribution in [0.25, 0.3) is 10.8 Å². The van der Waals surface area contributed by atoms with Gasteiger partial charge in [0.15, 0.2) is 0 Å². The van der Waals surface area contributed by atoms with Gasteiger partial charge < -0.3 is 9.84 Å². The van der Waals surface area contributed by atoms with Crippen molar-refractivity contribution in [3.63, 3.8) is 0 Å². The molecule has 0 amide bonds. The average Bonchev–Trinajstić information content (AvgIpc) is 2.51. The van der Waals surface area contributed by atoms with Crippen molar-refractivity contribution >= 4 is 26.7 Å². The lowest BCUT2D eigenvalue weighted by Gasteiger charge is -2.09. The Balaban J connectivity index is 1.95. The van der Waals surface area contributed by atoms with E-state index in [2.05, 4.69) is 27.0 Å².